The van der Waals surface area contributed by atoms with Crippen LogP contribution in [0.15, 0.2) is 53.8 Å². The Hall–Kier alpha value is -3.81. The third kappa shape index (κ3) is 3.71. The van der Waals surface area contributed by atoms with Crippen LogP contribution in [0.4, 0.5) is 0 Å². The highest BCUT2D eigenvalue weighted by Crippen LogP contribution is 2.26. The number of rotatable bonds is 5. The van der Waals surface area contributed by atoms with Gasteiger partial charge in [-0.1, -0.05) is 23.8 Å². The molecule has 1 amide bonds. The highest BCUT2D eigenvalue weighted by molar-refractivity contribution is 5.79. The first kappa shape index (κ1) is 19.5. The number of fused-ring (bicyclic) bond motifs is 1. The number of nitrogens with zero attached hydrogens (tertiary/aromatic N) is 4. The van der Waals surface area contributed by atoms with Gasteiger partial charge in [0.2, 0.25) is 5.91 Å². The number of hydrogen-bond acceptors (Lipinski definition) is 5. The van der Waals surface area contributed by atoms with Crippen molar-refractivity contribution in [2.24, 2.45) is 0 Å². The molecule has 2 N–H and O–H groups in total. The molecule has 0 aliphatic heterocycles. The fraction of sp³-hybridized carbons (Fsp3) is 0.227. The molecule has 3 heterocycles. The molecule has 0 fully saturated rings. The van der Waals surface area contributed by atoms with Gasteiger partial charge in [0, 0.05) is 18.0 Å². The number of amides is 1. The molecule has 4 rings (SSSR count). The van der Waals surface area contributed by atoms with Crippen LogP contribution < -0.4 is 10.9 Å². The van der Waals surface area contributed by atoms with E-state index in [4.69, 9.17) is 0 Å². The summed E-state index contributed by atoms with van der Waals surface area (Å²) in [5.41, 5.74) is 4.61. The lowest BCUT2D eigenvalue weighted by molar-refractivity contribution is -0.121. The standard InChI is InChI=1S/C22H22N6O2/c1-13-4-5-14(2)17(10-13)20(16-6-8-23-9-7-16)27-19(29)11-18-15(3)26-22-24-12-25-28(22)21(18)30/h4-10,12,20H,11H2,1-3H3,(H,27,29)(H,24,25,26)/t20-/m0/s1. The van der Waals surface area contributed by atoms with Crippen molar-refractivity contribution < 1.29 is 4.79 Å². The van der Waals surface area contributed by atoms with Gasteiger partial charge in [-0.2, -0.15) is 4.52 Å². The number of pyridine rings is 1. The molecule has 3 aromatic heterocycles. The molecule has 0 spiro atoms. The fourth-order valence-corrected chi connectivity index (χ4v) is 3.54. The molecule has 0 unspecified atom stereocenters. The summed E-state index contributed by atoms with van der Waals surface area (Å²) in [7, 11) is 0. The average molecular weight is 402 g/mol. The van der Waals surface area contributed by atoms with Gasteiger partial charge in [-0.05, 0) is 49.6 Å². The number of benzene rings is 1. The maximum Gasteiger partial charge on any atom is 0.277 e. The summed E-state index contributed by atoms with van der Waals surface area (Å²) in [5, 5.41) is 5.82. The molecule has 30 heavy (non-hydrogen) atoms. The van der Waals surface area contributed by atoms with Gasteiger partial charge >= 0.3 is 0 Å². The minimum absolute atomic E-state index is 0.0773. The van der Waals surface area contributed by atoms with E-state index in [1.807, 2.05) is 38.1 Å². The molecule has 152 valence electrons. The SMILES string of the molecule is Cc1ccc(C)c([C@@H](NC(=O)Cc2c(C)nc3nc[nH]n3c2=O)c2ccncc2)c1. The summed E-state index contributed by atoms with van der Waals surface area (Å²) in [6.45, 7) is 5.75. The van der Waals surface area contributed by atoms with Crippen molar-refractivity contribution in [3.63, 3.8) is 0 Å². The van der Waals surface area contributed by atoms with Gasteiger partial charge in [-0.15, -0.1) is 0 Å². The summed E-state index contributed by atoms with van der Waals surface area (Å²) in [5.74, 6) is 0.0193. The minimum Gasteiger partial charge on any atom is -0.345 e. The smallest absolute Gasteiger partial charge is 0.277 e. The van der Waals surface area contributed by atoms with Crippen LogP contribution in [0, 0.1) is 20.8 Å². The molecule has 0 saturated carbocycles. The van der Waals surface area contributed by atoms with Gasteiger partial charge in [-0.3, -0.25) is 19.7 Å². The summed E-state index contributed by atoms with van der Waals surface area (Å²) in [4.78, 5) is 38.1. The van der Waals surface area contributed by atoms with Crippen LogP contribution in [0.3, 0.4) is 0 Å². The summed E-state index contributed by atoms with van der Waals surface area (Å²) in [6.07, 6.45) is 4.72. The highest BCUT2D eigenvalue weighted by Gasteiger charge is 2.21. The Balaban J connectivity index is 1.68. The van der Waals surface area contributed by atoms with Gasteiger partial charge in [0.15, 0.2) is 0 Å². The molecule has 1 atom stereocenters. The molecule has 8 heteroatoms. The Labute approximate surface area is 173 Å². The van der Waals surface area contributed by atoms with Gasteiger partial charge < -0.3 is 5.32 Å². The van der Waals surface area contributed by atoms with Gasteiger partial charge in [-0.25, -0.2) is 9.97 Å². The second-order valence-electron chi connectivity index (χ2n) is 7.32. The lowest BCUT2D eigenvalue weighted by atomic mass is 9.94. The Morgan fingerprint density at radius 1 is 1.17 bits per heavy atom. The lowest BCUT2D eigenvalue weighted by Gasteiger charge is -2.22. The molecular weight excluding hydrogens is 380 g/mol. The van der Waals surface area contributed by atoms with E-state index in [-0.39, 0.29) is 29.7 Å². The molecular formula is C22H22N6O2. The number of aryl methyl sites for hydroxylation is 3. The van der Waals surface area contributed by atoms with E-state index in [9.17, 15) is 9.59 Å². The predicted molar refractivity (Wildman–Crippen MR) is 112 cm³/mol. The van der Waals surface area contributed by atoms with Crippen LogP contribution in [-0.2, 0) is 11.2 Å². The van der Waals surface area contributed by atoms with Crippen molar-refractivity contribution in [3.05, 3.63) is 92.9 Å². The predicted octanol–water partition coefficient (Wildman–Crippen LogP) is 2.19. The third-order valence-corrected chi connectivity index (χ3v) is 5.16. The highest BCUT2D eigenvalue weighted by atomic mass is 16.2. The van der Waals surface area contributed by atoms with E-state index in [2.05, 4.69) is 31.4 Å². The van der Waals surface area contributed by atoms with E-state index < -0.39 is 0 Å². The summed E-state index contributed by atoms with van der Waals surface area (Å²) < 4.78 is 1.24. The van der Waals surface area contributed by atoms with Crippen LogP contribution >= 0.6 is 0 Å². The zero-order valence-corrected chi connectivity index (χ0v) is 17.0. The second kappa shape index (κ2) is 7.90. The Bertz CT molecular complexity index is 1280. The van der Waals surface area contributed by atoms with E-state index in [0.717, 1.165) is 22.3 Å². The van der Waals surface area contributed by atoms with E-state index in [1.54, 1.807) is 19.3 Å². The Morgan fingerprint density at radius 3 is 2.70 bits per heavy atom. The molecule has 0 radical (unpaired) electrons. The summed E-state index contributed by atoms with van der Waals surface area (Å²) in [6, 6.07) is 9.56. The number of hydrogen-bond donors (Lipinski definition) is 2. The summed E-state index contributed by atoms with van der Waals surface area (Å²) >= 11 is 0. The number of H-pyrrole nitrogens is 1. The number of carbonyl (C=O) groups is 1. The largest absolute Gasteiger partial charge is 0.345 e. The van der Waals surface area contributed by atoms with Crippen molar-refractivity contribution in [1.29, 1.82) is 0 Å². The van der Waals surface area contributed by atoms with Crippen molar-refractivity contribution in [1.82, 2.24) is 29.9 Å². The van der Waals surface area contributed by atoms with E-state index in [1.165, 1.54) is 10.8 Å². The first-order valence-corrected chi connectivity index (χ1v) is 9.62. The molecule has 0 aliphatic carbocycles. The average Bonchev–Trinajstić information content (AvgIpc) is 3.20. The number of carbonyl (C=O) groups excluding carboxylic acids is 1. The number of nitrogens with one attached hydrogen (secondary N) is 2. The van der Waals surface area contributed by atoms with Gasteiger partial charge in [0.1, 0.15) is 6.33 Å². The number of aromatic amines is 1. The molecule has 0 bridgehead atoms. The Morgan fingerprint density at radius 2 is 1.93 bits per heavy atom. The van der Waals surface area contributed by atoms with Crippen molar-refractivity contribution in [3.8, 4) is 0 Å². The first-order valence-electron chi connectivity index (χ1n) is 9.62. The maximum atomic E-state index is 13.0. The zero-order chi connectivity index (χ0) is 21.3. The fourth-order valence-electron chi connectivity index (χ4n) is 3.54. The molecule has 4 aromatic rings. The zero-order valence-electron chi connectivity index (χ0n) is 17.0. The van der Waals surface area contributed by atoms with Gasteiger partial charge in [0.25, 0.3) is 11.3 Å². The van der Waals surface area contributed by atoms with Crippen LogP contribution in [0.2, 0.25) is 0 Å². The number of aromatic nitrogens is 5. The van der Waals surface area contributed by atoms with Crippen molar-refractivity contribution >= 4 is 11.7 Å². The molecule has 0 saturated heterocycles. The van der Waals surface area contributed by atoms with E-state index in [0.29, 0.717) is 11.3 Å². The lowest BCUT2D eigenvalue weighted by Crippen LogP contribution is -2.34. The van der Waals surface area contributed by atoms with Crippen LogP contribution in [-0.4, -0.2) is 30.5 Å². The maximum absolute atomic E-state index is 13.0. The van der Waals surface area contributed by atoms with Crippen molar-refractivity contribution in [2.75, 3.05) is 0 Å². The third-order valence-electron chi connectivity index (χ3n) is 5.16. The van der Waals surface area contributed by atoms with Crippen LogP contribution in [0.1, 0.15) is 39.6 Å². The van der Waals surface area contributed by atoms with Crippen LogP contribution in [0.25, 0.3) is 5.78 Å². The van der Waals surface area contributed by atoms with E-state index >= 15 is 0 Å². The topological polar surface area (TPSA) is 105 Å². The van der Waals surface area contributed by atoms with Crippen LogP contribution in [0.5, 0.6) is 0 Å². The molecule has 0 aliphatic rings. The van der Waals surface area contributed by atoms with Gasteiger partial charge in [0.05, 0.1) is 18.2 Å². The molecule has 1 aromatic carbocycles. The first-order chi connectivity index (χ1) is 14.4. The Kier molecular flexibility index (Phi) is 5.14. The monoisotopic (exact) mass is 402 g/mol. The molecule has 8 nitrogen and oxygen atoms in total. The quantitative estimate of drug-likeness (QED) is 0.532. The normalized spacial score (nSPS) is 12.1. The van der Waals surface area contributed by atoms with Crippen molar-refractivity contribution in [2.45, 2.75) is 33.2 Å². The second-order valence-corrected chi connectivity index (χ2v) is 7.32. The minimum atomic E-state index is -0.354.